The minimum Gasteiger partial charge on any atom is -0.258 e. The fourth-order valence-electron chi connectivity index (χ4n) is 2.19. The number of benzene rings is 1. The lowest BCUT2D eigenvalue weighted by atomic mass is 10.1. The summed E-state index contributed by atoms with van der Waals surface area (Å²) in [6.45, 7) is 0. The van der Waals surface area contributed by atoms with Crippen LogP contribution in [0.25, 0.3) is 33.0 Å². The third-order valence-corrected chi connectivity index (χ3v) is 3.99. The number of nitrogens with one attached hydrogen (secondary N) is 1. The van der Waals surface area contributed by atoms with Crippen LogP contribution in [0.5, 0.6) is 0 Å². The van der Waals surface area contributed by atoms with Crippen LogP contribution in [0.3, 0.4) is 0 Å². The molecule has 0 saturated heterocycles. The molecule has 4 aromatic rings. The molecule has 4 nitrogen and oxygen atoms in total. The zero-order valence-corrected chi connectivity index (χ0v) is 11.3. The minimum absolute atomic E-state index is 0.678. The number of thiophene rings is 1. The summed E-state index contributed by atoms with van der Waals surface area (Å²) in [7, 11) is 0. The van der Waals surface area contributed by atoms with Gasteiger partial charge in [0.1, 0.15) is 0 Å². The number of pyridine rings is 1. The highest BCUT2D eigenvalue weighted by molar-refractivity contribution is 7.13. The van der Waals surface area contributed by atoms with Crippen LogP contribution < -0.4 is 0 Å². The Morgan fingerprint density at radius 3 is 2.85 bits per heavy atom. The van der Waals surface area contributed by atoms with Crippen molar-refractivity contribution >= 4 is 22.2 Å². The van der Waals surface area contributed by atoms with E-state index in [1.807, 2.05) is 47.8 Å². The standard InChI is InChI=1S/C15H10N4S/c1-4-10-5-2-8-16-13(10)11(6-1)14-17-15(19-18-14)12-7-3-9-20-12/h1-9H,(H,17,18,19). The highest BCUT2D eigenvalue weighted by Gasteiger charge is 2.11. The van der Waals surface area contributed by atoms with Crippen LogP contribution in [-0.2, 0) is 0 Å². The third-order valence-electron chi connectivity index (χ3n) is 3.11. The highest BCUT2D eigenvalue weighted by Crippen LogP contribution is 2.27. The number of hydrogen-bond acceptors (Lipinski definition) is 4. The molecule has 3 heterocycles. The average molecular weight is 278 g/mol. The number of nitrogens with zero attached hydrogens (tertiary/aromatic N) is 3. The van der Waals surface area contributed by atoms with Gasteiger partial charge in [0, 0.05) is 17.1 Å². The van der Waals surface area contributed by atoms with Crippen LogP contribution in [0.2, 0.25) is 0 Å². The summed E-state index contributed by atoms with van der Waals surface area (Å²) in [6.07, 6.45) is 1.79. The average Bonchev–Trinajstić information content (AvgIpc) is 3.17. The van der Waals surface area contributed by atoms with Crippen molar-refractivity contribution in [3.05, 3.63) is 54.0 Å². The van der Waals surface area contributed by atoms with Gasteiger partial charge in [-0.2, -0.15) is 5.10 Å². The third kappa shape index (κ3) is 1.80. The Bertz CT molecular complexity index is 859. The fraction of sp³-hybridized carbons (Fsp3) is 0. The topological polar surface area (TPSA) is 54.5 Å². The van der Waals surface area contributed by atoms with Crippen molar-refractivity contribution in [2.24, 2.45) is 0 Å². The SMILES string of the molecule is c1csc(-c2nc(-c3cccc4cccnc34)n[nH]2)c1. The van der Waals surface area contributed by atoms with Crippen LogP contribution in [0.15, 0.2) is 54.0 Å². The molecule has 0 unspecified atom stereocenters. The summed E-state index contributed by atoms with van der Waals surface area (Å²) < 4.78 is 0. The maximum atomic E-state index is 4.58. The van der Waals surface area contributed by atoms with E-state index in [9.17, 15) is 0 Å². The summed E-state index contributed by atoms with van der Waals surface area (Å²) in [4.78, 5) is 10.1. The molecule has 0 radical (unpaired) electrons. The van der Waals surface area contributed by atoms with Gasteiger partial charge in [-0.15, -0.1) is 11.3 Å². The molecule has 20 heavy (non-hydrogen) atoms. The molecule has 4 rings (SSSR count). The van der Waals surface area contributed by atoms with Crippen molar-refractivity contribution in [3.8, 4) is 22.1 Å². The Morgan fingerprint density at radius 2 is 1.95 bits per heavy atom. The van der Waals surface area contributed by atoms with E-state index in [4.69, 9.17) is 0 Å². The lowest BCUT2D eigenvalue weighted by Gasteiger charge is -2.00. The van der Waals surface area contributed by atoms with Crippen LogP contribution >= 0.6 is 11.3 Å². The van der Waals surface area contributed by atoms with Crippen molar-refractivity contribution in [1.29, 1.82) is 0 Å². The number of H-pyrrole nitrogens is 1. The van der Waals surface area contributed by atoms with Gasteiger partial charge in [-0.05, 0) is 23.6 Å². The molecule has 0 amide bonds. The molecule has 0 spiro atoms. The molecule has 5 heteroatoms. The summed E-state index contributed by atoms with van der Waals surface area (Å²) in [5.74, 6) is 1.47. The molecule has 3 aromatic heterocycles. The number of aromatic nitrogens is 4. The first-order chi connectivity index (χ1) is 9.92. The van der Waals surface area contributed by atoms with Gasteiger partial charge < -0.3 is 0 Å². The normalized spacial score (nSPS) is 11.0. The van der Waals surface area contributed by atoms with Crippen LogP contribution in [0.1, 0.15) is 0 Å². The van der Waals surface area contributed by atoms with Crippen LogP contribution in [0, 0.1) is 0 Å². The second kappa shape index (κ2) is 4.54. The lowest BCUT2D eigenvalue weighted by molar-refractivity contribution is 1.10. The van der Waals surface area contributed by atoms with Gasteiger partial charge in [-0.25, -0.2) is 4.98 Å². The maximum absolute atomic E-state index is 4.58. The largest absolute Gasteiger partial charge is 0.258 e. The van der Waals surface area contributed by atoms with E-state index >= 15 is 0 Å². The molecule has 1 aromatic carbocycles. The first kappa shape index (κ1) is 11.3. The Kier molecular flexibility index (Phi) is 2.57. The van der Waals surface area contributed by atoms with E-state index in [2.05, 4.69) is 20.2 Å². The van der Waals surface area contributed by atoms with Gasteiger partial charge >= 0.3 is 0 Å². The van der Waals surface area contributed by atoms with Crippen LogP contribution in [-0.4, -0.2) is 20.2 Å². The number of hydrogen-bond donors (Lipinski definition) is 1. The van der Waals surface area contributed by atoms with E-state index in [1.54, 1.807) is 17.5 Å². The van der Waals surface area contributed by atoms with E-state index in [1.165, 1.54) is 0 Å². The van der Waals surface area contributed by atoms with Gasteiger partial charge in [0.15, 0.2) is 11.6 Å². The van der Waals surface area contributed by atoms with E-state index in [0.29, 0.717) is 5.82 Å². The molecule has 0 aliphatic carbocycles. The molecular formula is C15H10N4S. The molecule has 0 atom stereocenters. The van der Waals surface area contributed by atoms with Crippen molar-refractivity contribution in [2.45, 2.75) is 0 Å². The molecule has 0 aliphatic heterocycles. The second-order valence-corrected chi connectivity index (χ2v) is 5.31. The summed E-state index contributed by atoms with van der Waals surface area (Å²) in [5, 5.41) is 10.4. The summed E-state index contributed by atoms with van der Waals surface area (Å²) >= 11 is 1.64. The number of fused-ring (bicyclic) bond motifs is 1. The second-order valence-electron chi connectivity index (χ2n) is 4.37. The summed E-state index contributed by atoms with van der Waals surface area (Å²) in [5.41, 5.74) is 1.87. The van der Waals surface area contributed by atoms with Gasteiger partial charge in [0.05, 0.1) is 10.4 Å². The number of para-hydroxylation sites is 1. The van der Waals surface area contributed by atoms with E-state index in [0.717, 1.165) is 27.2 Å². The molecule has 96 valence electrons. The van der Waals surface area contributed by atoms with Gasteiger partial charge in [-0.1, -0.05) is 24.3 Å². The van der Waals surface area contributed by atoms with E-state index in [-0.39, 0.29) is 0 Å². The summed E-state index contributed by atoms with van der Waals surface area (Å²) in [6, 6.07) is 14.0. The van der Waals surface area contributed by atoms with Crippen molar-refractivity contribution in [3.63, 3.8) is 0 Å². The Hall–Kier alpha value is -2.53. The lowest BCUT2D eigenvalue weighted by Crippen LogP contribution is -1.86. The smallest absolute Gasteiger partial charge is 0.183 e. The molecule has 0 saturated carbocycles. The van der Waals surface area contributed by atoms with Crippen LogP contribution in [0.4, 0.5) is 0 Å². The molecule has 1 N–H and O–H groups in total. The van der Waals surface area contributed by atoms with Gasteiger partial charge in [-0.3, -0.25) is 10.1 Å². The first-order valence-electron chi connectivity index (χ1n) is 6.22. The number of rotatable bonds is 2. The van der Waals surface area contributed by atoms with E-state index < -0.39 is 0 Å². The van der Waals surface area contributed by atoms with Crippen molar-refractivity contribution < 1.29 is 0 Å². The van der Waals surface area contributed by atoms with Crippen molar-refractivity contribution in [1.82, 2.24) is 20.2 Å². The quantitative estimate of drug-likeness (QED) is 0.607. The monoisotopic (exact) mass is 278 g/mol. The van der Waals surface area contributed by atoms with Gasteiger partial charge in [0.25, 0.3) is 0 Å². The molecule has 0 aliphatic rings. The molecule has 0 fully saturated rings. The molecular weight excluding hydrogens is 268 g/mol. The fourth-order valence-corrected chi connectivity index (χ4v) is 2.85. The first-order valence-corrected chi connectivity index (χ1v) is 7.10. The van der Waals surface area contributed by atoms with Gasteiger partial charge in [0.2, 0.25) is 0 Å². The predicted octanol–water partition coefficient (Wildman–Crippen LogP) is 3.75. The Balaban J connectivity index is 1.88. The zero-order valence-electron chi connectivity index (χ0n) is 10.4. The molecule has 0 bridgehead atoms. The Morgan fingerprint density at radius 1 is 1.00 bits per heavy atom. The minimum atomic E-state index is 0.678. The number of aromatic amines is 1. The highest BCUT2D eigenvalue weighted by atomic mass is 32.1. The predicted molar refractivity (Wildman–Crippen MR) is 80.4 cm³/mol. The zero-order chi connectivity index (χ0) is 13.4. The van der Waals surface area contributed by atoms with Crippen molar-refractivity contribution in [2.75, 3.05) is 0 Å². The maximum Gasteiger partial charge on any atom is 0.183 e. The Labute approximate surface area is 119 Å².